The highest BCUT2D eigenvalue weighted by Crippen LogP contribution is 2.34. The molecule has 0 bridgehead atoms. The molecular formula is C14H20N2O4S. The van der Waals surface area contributed by atoms with Crippen molar-refractivity contribution in [3.63, 3.8) is 0 Å². The number of hydrogen-bond donors (Lipinski definition) is 2. The van der Waals surface area contributed by atoms with Gasteiger partial charge in [-0.15, -0.1) is 0 Å². The number of nitrogens with two attached hydrogens (primary N) is 1. The van der Waals surface area contributed by atoms with Crippen molar-refractivity contribution in [2.24, 2.45) is 0 Å². The minimum absolute atomic E-state index is 0.0396. The van der Waals surface area contributed by atoms with Crippen LogP contribution in [-0.2, 0) is 14.6 Å². The van der Waals surface area contributed by atoms with E-state index < -0.39 is 9.84 Å². The fourth-order valence-electron chi connectivity index (χ4n) is 2.33. The Balaban J connectivity index is 2.14. The molecule has 1 fully saturated rings. The number of nitrogen functional groups attached to an aromatic ring is 1. The van der Waals surface area contributed by atoms with Crippen LogP contribution in [0.25, 0.3) is 0 Å². The first-order valence-corrected chi connectivity index (χ1v) is 8.59. The molecule has 3 N–H and O–H groups in total. The van der Waals surface area contributed by atoms with Crippen molar-refractivity contribution in [2.75, 3.05) is 25.6 Å². The van der Waals surface area contributed by atoms with Gasteiger partial charge in [0.05, 0.1) is 10.5 Å². The largest absolute Gasteiger partial charge is 0.399 e. The predicted molar refractivity (Wildman–Crippen MR) is 79.9 cm³/mol. The van der Waals surface area contributed by atoms with Crippen molar-refractivity contribution in [2.45, 2.75) is 29.8 Å². The first-order chi connectivity index (χ1) is 9.76. The summed E-state index contributed by atoms with van der Waals surface area (Å²) < 4.78 is 28.6. The maximum atomic E-state index is 12.2. The Bertz CT molecular complexity index is 645. The van der Waals surface area contributed by atoms with Crippen molar-refractivity contribution in [3.05, 3.63) is 23.8 Å². The second kappa shape index (κ2) is 5.65. The summed E-state index contributed by atoms with van der Waals surface area (Å²) >= 11 is 0. The zero-order chi connectivity index (χ0) is 15.7. The standard InChI is InChI=1S/C14H20N2O4S/c1-20-14(4-3-5-14)9-16-13(17)10-6-11(15)8-12(7-10)21(2,18)19/h6-8H,3-5,9,15H2,1-2H3,(H,16,17). The van der Waals surface area contributed by atoms with Crippen molar-refractivity contribution in [1.82, 2.24) is 5.32 Å². The SMILES string of the molecule is COC1(CNC(=O)c2cc(N)cc(S(C)(=O)=O)c2)CCC1. The molecule has 0 aromatic heterocycles. The van der Waals surface area contributed by atoms with Crippen LogP contribution in [0.15, 0.2) is 23.1 Å². The molecule has 0 unspecified atom stereocenters. The van der Waals surface area contributed by atoms with Gasteiger partial charge in [-0.2, -0.15) is 0 Å². The van der Waals surface area contributed by atoms with Crippen molar-refractivity contribution >= 4 is 21.4 Å². The fourth-order valence-corrected chi connectivity index (χ4v) is 3.03. The Labute approximate surface area is 124 Å². The highest BCUT2D eigenvalue weighted by molar-refractivity contribution is 7.90. The van der Waals surface area contributed by atoms with Gasteiger partial charge in [-0.3, -0.25) is 4.79 Å². The van der Waals surface area contributed by atoms with Crippen molar-refractivity contribution in [3.8, 4) is 0 Å². The number of methoxy groups -OCH3 is 1. The number of sulfone groups is 1. The molecule has 0 heterocycles. The molecule has 0 saturated heterocycles. The molecule has 0 atom stereocenters. The van der Waals surface area contributed by atoms with E-state index in [0.717, 1.165) is 25.5 Å². The molecule has 7 heteroatoms. The lowest BCUT2D eigenvalue weighted by atomic mass is 9.80. The molecule has 2 rings (SSSR count). The van der Waals surface area contributed by atoms with E-state index in [1.165, 1.54) is 18.2 Å². The maximum absolute atomic E-state index is 12.2. The molecule has 0 radical (unpaired) electrons. The van der Waals surface area contributed by atoms with Crippen LogP contribution in [0.4, 0.5) is 5.69 Å². The van der Waals surface area contributed by atoms with E-state index in [1.54, 1.807) is 7.11 Å². The van der Waals surface area contributed by atoms with E-state index >= 15 is 0 Å². The van der Waals surface area contributed by atoms with Crippen LogP contribution in [0, 0.1) is 0 Å². The monoisotopic (exact) mass is 312 g/mol. The lowest BCUT2D eigenvalue weighted by molar-refractivity contribution is -0.0679. The third-order valence-electron chi connectivity index (χ3n) is 3.89. The number of ether oxygens (including phenoxy) is 1. The molecule has 0 aliphatic heterocycles. The maximum Gasteiger partial charge on any atom is 0.251 e. The molecule has 21 heavy (non-hydrogen) atoms. The average Bonchev–Trinajstić information content (AvgIpc) is 2.36. The van der Waals surface area contributed by atoms with Crippen LogP contribution in [0.1, 0.15) is 29.6 Å². The van der Waals surface area contributed by atoms with Gasteiger partial charge in [-0.1, -0.05) is 0 Å². The van der Waals surface area contributed by atoms with Gasteiger partial charge in [0.15, 0.2) is 9.84 Å². The van der Waals surface area contributed by atoms with Crippen molar-refractivity contribution in [1.29, 1.82) is 0 Å². The molecule has 1 aromatic carbocycles. The summed E-state index contributed by atoms with van der Waals surface area (Å²) in [5, 5.41) is 2.78. The van der Waals surface area contributed by atoms with Gasteiger partial charge >= 0.3 is 0 Å². The summed E-state index contributed by atoms with van der Waals surface area (Å²) in [5.74, 6) is -0.351. The summed E-state index contributed by atoms with van der Waals surface area (Å²) in [5.41, 5.74) is 5.87. The summed E-state index contributed by atoms with van der Waals surface area (Å²) in [6.07, 6.45) is 3.99. The zero-order valence-electron chi connectivity index (χ0n) is 12.2. The second-order valence-electron chi connectivity index (χ2n) is 5.49. The molecule has 1 aliphatic carbocycles. The quantitative estimate of drug-likeness (QED) is 0.789. The average molecular weight is 312 g/mol. The van der Waals surface area contributed by atoms with Gasteiger partial charge in [0.2, 0.25) is 0 Å². The Kier molecular flexibility index (Phi) is 4.25. The van der Waals surface area contributed by atoms with Gasteiger partial charge in [0.25, 0.3) is 5.91 Å². The third kappa shape index (κ3) is 3.54. The number of carbonyl (C=O) groups is 1. The van der Waals surface area contributed by atoms with Gasteiger partial charge in [-0.25, -0.2) is 8.42 Å². The van der Waals surface area contributed by atoms with Crippen LogP contribution >= 0.6 is 0 Å². The highest BCUT2D eigenvalue weighted by atomic mass is 32.2. The Morgan fingerprint density at radius 1 is 1.38 bits per heavy atom. The normalized spacial score (nSPS) is 17.0. The topological polar surface area (TPSA) is 98.5 Å². The first-order valence-electron chi connectivity index (χ1n) is 6.70. The van der Waals surface area contributed by atoms with Crippen molar-refractivity contribution < 1.29 is 17.9 Å². The van der Waals surface area contributed by atoms with Crippen LogP contribution in [0.3, 0.4) is 0 Å². The minimum Gasteiger partial charge on any atom is -0.399 e. The first kappa shape index (κ1) is 15.8. The molecule has 116 valence electrons. The molecule has 1 saturated carbocycles. The van der Waals surface area contributed by atoms with E-state index in [1.807, 2.05) is 0 Å². The summed E-state index contributed by atoms with van der Waals surface area (Å²) in [6.45, 7) is 0.408. The van der Waals surface area contributed by atoms with Crippen LogP contribution in [0.5, 0.6) is 0 Å². The highest BCUT2D eigenvalue weighted by Gasteiger charge is 2.37. The number of benzene rings is 1. The van der Waals surface area contributed by atoms with Crippen LogP contribution in [0.2, 0.25) is 0 Å². The van der Waals surface area contributed by atoms with Crippen LogP contribution in [-0.4, -0.2) is 39.8 Å². The van der Waals surface area contributed by atoms with E-state index in [4.69, 9.17) is 10.5 Å². The van der Waals surface area contributed by atoms with Gasteiger partial charge in [0.1, 0.15) is 0 Å². The zero-order valence-corrected chi connectivity index (χ0v) is 13.0. The van der Waals surface area contributed by atoms with E-state index in [2.05, 4.69) is 5.32 Å². The molecule has 1 amide bonds. The molecular weight excluding hydrogens is 292 g/mol. The number of hydrogen-bond acceptors (Lipinski definition) is 5. The minimum atomic E-state index is -3.41. The lowest BCUT2D eigenvalue weighted by Crippen LogP contribution is -2.49. The van der Waals surface area contributed by atoms with Gasteiger partial charge < -0.3 is 15.8 Å². The molecule has 0 spiro atoms. The molecule has 1 aliphatic rings. The smallest absolute Gasteiger partial charge is 0.251 e. The van der Waals surface area contributed by atoms with E-state index in [0.29, 0.717) is 6.54 Å². The van der Waals surface area contributed by atoms with E-state index in [9.17, 15) is 13.2 Å². The fraction of sp³-hybridized carbons (Fsp3) is 0.500. The number of carbonyl (C=O) groups excluding carboxylic acids is 1. The van der Waals surface area contributed by atoms with Crippen LogP contribution < -0.4 is 11.1 Å². The Morgan fingerprint density at radius 2 is 2.05 bits per heavy atom. The second-order valence-corrected chi connectivity index (χ2v) is 7.50. The molecule has 6 nitrogen and oxygen atoms in total. The summed E-state index contributed by atoms with van der Waals surface area (Å²) in [7, 11) is -1.78. The van der Waals surface area contributed by atoms with Gasteiger partial charge in [-0.05, 0) is 37.5 Å². The lowest BCUT2D eigenvalue weighted by Gasteiger charge is -2.40. The van der Waals surface area contributed by atoms with Gasteiger partial charge in [0, 0.05) is 31.2 Å². The number of nitrogens with one attached hydrogen (secondary N) is 1. The Morgan fingerprint density at radius 3 is 2.52 bits per heavy atom. The summed E-state index contributed by atoms with van der Waals surface area (Å²) in [4.78, 5) is 12.2. The van der Waals surface area contributed by atoms with E-state index in [-0.39, 0.29) is 27.7 Å². The Hall–Kier alpha value is -1.60. The predicted octanol–water partition coefficient (Wildman–Crippen LogP) is 0.971. The molecule has 1 aromatic rings. The number of rotatable bonds is 5. The number of anilines is 1. The summed E-state index contributed by atoms with van der Waals surface area (Å²) in [6, 6.07) is 4.14. The third-order valence-corrected chi connectivity index (χ3v) is 4.98. The number of amides is 1.